The second kappa shape index (κ2) is 5.71. The van der Waals surface area contributed by atoms with Crippen LogP contribution < -0.4 is 5.73 Å². The number of nitrogens with two attached hydrogens (primary N) is 1. The Morgan fingerprint density at radius 3 is 2.75 bits per heavy atom. The van der Waals surface area contributed by atoms with Crippen molar-refractivity contribution in [1.82, 2.24) is 4.90 Å². The number of nitrogens with zero attached hydrogens (tertiary/aromatic N) is 1. The van der Waals surface area contributed by atoms with Crippen LogP contribution in [0.15, 0.2) is 0 Å². The van der Waals surface area contributed by atoms with Crippen LogP contribution in [0.5, 0.6) is 0 Å². The van der Waals surface area contributed by atoms with Crippen LogP contribution in [0.2, 0.25) is 0 Å². The van der Waals surface area contributed by atoms with Gasteiger partial charge in [-0.2, -0.15) is 0 Å². The predicted molar refractivity (Wildman–Crippen MR) is 79.9 cm³/mol. The van der Waals surface area contributed by atoms with E-state index in [0.717, 1.165) is 30.0 Å². The lowest BCUT2D eigenvalue weighted by molar-refractivity contribution is -0.0671. The number of thiophene rings is 1. The van der Waals surface area contributed by atoms with Crippen molar-refractivity contribution in [3.05, 3.63) is 16.0 Å². The van der Waals surface area contributed by atoms with Gasteiger partial charge < -0.3 is 15.2 Å². The molecule has 0 saturated carbocycles. The molecule has 1 aromatic heterocycles. The lowest BCUT2D eigenvalue weighted by Crippen LogP contribution is -2.35. The third-order valence-corrected chi connectivity index (χ3v) is 4.28. The summed E-state index contributed by atoms with van der Waals surface area (Å²) in [5.41, 5.74) is 7.41. The van der Waals surface area contributed by atoms with Crippen LogP contribution in [0.4, 0.5) is 5.00 Å². The van der Waals surface area contributed by atoms with Crippen molar-refractivity contribution in [2.75, 3.05) is 26.1 Å². The van der Waals surface area contributed by atoms with E-state index < -0.39 is 0 Å². The molecule has 1 aromatic rings. The SMILES string of the molecule is COC(=O)c1c(N)sc2c1CCN(COC(C)(C)C)C2. The maximum absolute atomic E-state index is 11.8. The zero-order chi connectivity index (χ0) is 14.9. The van der Waals surface area contributed by atoms with E-state index in [4.69, 9.17) is 15.2 Å². The number of anilines is 1. The summed E-state index contributed by atoms with van der Waals surface area (Å²) in [6.07, 6.45) is 0.807. The lowest BCUT2D eigenvalue weighted by atomic mass is 10.0. The number of hydrogen-bond acceptors (Lipinski definition) is 6. The third-order valence-electron chi connectivity index (χ3n) is 3.23. The van der Waals surface area contributed by atoms with Crippen LogP contribution in [0, 0.1) is 0 Å². The van der Waals surface area contributed by atoms with Gasteiger partial charge in [0, 0.05) is 18.0 Å². The van der Waals surface area contributed by atoms with Gasteiger partial charge in [-0.25, -0.2) is 4.79 Å². The molecular formula is C14H22N2O3S. The Kier molecular flexibility index (Phi) is 4.36. The van der Waals surface area contributed by atoms with Gasteiger partial charge in [0.25, 0.3) is 0 Å². The van der Waals surface area contributed by atoms with E-state index in [2.05, 4.69) is 4.90 Å². The van der Waals surface area contributed by atoms with Crippen molar-refractivity contribution in [3.8, 4) is 0 Å². The van der Waals surface area contributed by atoms with E-state index in [9.17, 15) is 4.79 Å². The van der Waals surface area contributed by atoms with E-state index in [1.807, 2.05) is 20.8 Å². The average Bonchev–Trinajstić information content (AvgIpc) is 2.69. The molecule has 0 atom stereocenters. The molecule has 0 aliphatic carbocycles. The molecule has 2 N–H and O–H groups in total. The first kappa shape index (κ1) is 15.3. The van der Waals surface area contributed by atoms with Gasteiger partial charge in [0.05, 0.1) is 18.3 Å². The second-order valence-electron chi connectivity index (χ2n) is 5.92. The monoisotopic (exact) mass is 298 g/mol. The number of nitrogen functional groups attached to an aromatic ring is 1. The quantitative estimate of drug-likeness (QED) is 0.867. The Morgan fingerprint density at radius 1 is 1.45 bits per heavy atom. The minimum atomic E-state index is -0.334. The number of hydrogen-bond donors (Lipinski definition) is 1. The molecule has 2 rings (SSSR count). The maximum atomic E-state index is 11.8. The molecule has 5 nitrogen and oxygen atoms in total. The molecule has 1 aliphatic heterocycles. The van der Waals surface area contributed by atoms with Gasteiger partial charge in [-0.3, -0.25) is 4.90 Å². The van der Waals surface area contributed by atoms with E-state index in [1.54, 1.807) is 0 Å². The predicted octanol–water partition coefficient (Wildman–Crippen LogP) is 2.25. The van der Waals surface area contributed by atoms with E-state index in [1.165, 1.54) is 18.4 Å². The first-order valence-electron chi connectivity index (χ1n) is 6.66. The van der Waals surface area contributed by atoms with Crippen LogP contribution in [0.25, 0.3) is 0 Å². The van der Waals surface area contributed by atoms with Crippen LogP contribution in [-0.4, -0.2) is 36.9 Å². The fraction of sp³-hybridized carbons (Fsp3) is 0.643. The molecular weight excluding hydrogens is 276 g/mol. The number of rotatable bonds is 3. The fourth-order valence-corrected chi connectivity index (χ4v) is 3.35. The Morgan fingerprint density at radius 2 is 2.15 bits per heavy atom. The molecule has 0 saturated heterocycles. The Hall–Kier alpha value is -1.11. The highest BCUT2D eigenvalue weighted by atomic mass is 32.1. The zero-order valence-corrected chi connectivity index (χ0v) is 13.3. The molecule has 0 unspecified atom stereocenters. The highest BCUT2D eigenvalue weighted by Crippen LogP contribution is 2.35. The van der Waals surface area contributed by atoms with Crippen LogP contribution in [0.3, 0.4) is 0 Å². The van der Waals surface area contributed by atoms with Gasteiger partial charge in [0.2, 0.25) is 0 Å². The third kappa shape index (κ3) is 3.31. The Labute approximate surface area is 123 Å². The van der Waals surface area contributed by atoms with Crippen LogP contribution >= 0.6 is 11.3 Å². The molecule has 6 heteroatoms. The first-order valence-corrected chi connectivity index (χ1v) is 7.48. The number of carbonyl (C=O) groups excluding carboxylic acids is 1. The summed E-state index contributed by atoms with van der Waals surface area (Å²) >= 11 is 1.48. The highest BCUT2D eigenvalue weighted by Gasteiger charge is 2.27. The van der Waals surface area contributed by atoms with Crippen molar-refractivity contribution >= 4 is 22.3 Å². The normalized spacial score (nSPS) is 16.0. The van der Waals surface area contributed by atoms with Crippen LogP contribution in [0.1, 0.15) is 41.6 Å². The Bertz CT molecular complexity index is 505. The van der Waals surface area contributed by atoms with Crippen LogP contribution in [-0.2, 0) is 22.4 Å². The minimum absolute atomic E-state index is 0.147. The molecule has 0 fully saturated rings. The summed E-state index contributed by atoms with van der Waals surface area (Å²) in [6, 6.07) is 0. The lowest BCUT2D eigenvalue weighted by Gasteiger charge is -2.30. The molecule has 112 valence electrons. The molecule has 0 amide bonds. The Balaban J connectivity index is 2.10. The largest absolute Gasteiger partial charge is 0.465 e. The number of fused-ring (bicyclic) bond motifs is 1. The number of esters is 1. The fourth-order valence-electron chi connectivity index (χ4n) is 2.20. The number of ether oxygens (including phenoxy) is 2. The summed E-state index contributed by atoms with van der Waals surface area (Å²) in [4.78, 5) is 15.1. The van der Waals surface area contributed by atoms with Gasteiger partial charge >= 0.3 is 5.97 Å². The standard InChI is InChI=1S/C14H22N2O3S/c1-14(2,3)19-8-16-6-5-9-10(7-16)20-12(15)11(9)13(17)18-4/h5-8,15H2,1-4H3. The second-order valence-corrected chi connectivity index (χ2v) is 7.06. The van der Waals surface area contributed by atoms with Gasteiger partial charge in [-0.1, -0.05) is 0 Å². The molecule has 0 radical (unpaired) electrons. The van der Waals surface area contributed by atoms with Crippen molar-refractivity contribution in [3.63, 3.8) is 0 Å². The van der Waals surface area contributed by atoms with Crippen molar-refractivity contribution in [1.29, 1.82) is 0 Å². The minimum Gasteiger partial charge on any atom is -0.465 e. The highest BCUT2D eigenvalue weighted by molar-refractivity contribution is 7.16. The molecule has 2 heterocycles. The number of methoxy groups -OCH3 is 1. The summed E-state index contributed by atoms with van der Waals surface area (Å²) in [5.74, 6) is -0.334. The molecule has 20 heavy (non-hydrogen) atoms. The molecule has 0 aromatic carbocycles. The molecule has 0 spiro atoms. The van der Waals surface area contributed by atoms with E-state index in [0.29, 0.717) is 17.3 Å². The smallest absolute Gasteiger partial charge is 0.341 e. The number of carbonyl (C=O) groups is 1. The summed E-state index contributed by atoms with van der Waals surface area (Å²) < 4.78 is 10.6. The molecule has 0 bridgehead atoms. The topological polar surface area (TPSA) is 64.8 Å². The van der Waals surface area contributed by atoms with E-state index >= 15 is 0 Å². The van der Waals surface area contributed by atoms with Gasteiger partial charge in [-0.15, -0.1) is 11.3 Å². The summed E-state index contributed by atoms with van der Waals surface area (Å²) in [5, 5.41) is 0.556. The van der Waals surface area contributed by atoms with Crippen molar-refractivity contribution in [2.24, 2.45) is 0 Å². The first-order chi connectivity index (χ1) is 9.31. The van der Waals surface area contributed by atoms with Crippen molar-refractivity contribution < 1.29 is 14.3 Å². The maximum Gasteiger partial charge on any atom is 0.341 e. The summed E-state index contributed by atoms with van der Waals surface area (Å²) in [7, 11) is 1.39. The molecule has 1 aliphatic rings. The van der Waals surface area contributed by atoms with Crippen molar-refractivity contribution in [2.45, 2.75) is 39.3 Å². The van der Waals surface area contributed by atoms with Gasteiger partial charge in [-0.05, 0) is 32.8 Å². The van der Waals surface area contributed by atoms with Gasteiger partial charge in [0.1, 0.15) is 11.7 Å². The average molecular weight is 298 g/mol. The summed E-state index contributed by atoms with van der Waals surface area (Å²) in [6.45, 7) is 8.36. The zero-order valence-electron chi connectivity index (χ0n) is 12.5. The van der Waals surface area contributed by atoms with Gasteiger partial charge in [0.15, 0.2) is 0 Å². The van der Waals surface area contributed by atoms with E-state index in [-0.39, 0.29) is 11.6 Å².